The Kier molecular flexibility index (Phi) is 8.00. The van der Waals surface area contributed by atoms with Crippen molar-refractivity contribution < 1.29 is 17.9 Å². The summed E-state index contributed by atoms with van der Waals surface area (Å²) in [5, 5.41) is 0. The number of methoxy groups -OCH3 is 1. The summed E-state index contributed by atoms with van der Waals surface area (Å²) >= 11 is 0. The molecule has 0 aliphatic rings. The second-order valence-corrected chi connectivity index (χ2v) is 6.87. The van der Waals surface area contributed by atoms with Crippen LogP contribution in [0.4, 0.5) is 0 Å². The third-order valence-electron chi connectivity index (χ3n) is 3.15. The number of benzene rings is 1. The van der Waals surface area contributed by atoms with E-state index >= 15 is 0 Å². The van der Waals surface area contributed by atoms with E-state index in [1.165, 1.54) is 11.4 Å². The molecule has 0 saturated heterocycles. The second kappa shape index (κ2) is 9.48. The van der Waals surface area contributed by atoms with Gasteiger partial charge < -0.3 is 9.47 Å². The Hall–Kier alpha value is -1.65. The van der Waals surface area contributed by atoms with Gasteiger partial charge in [0.2, 0.25) is 10.0 Å². The standard InChI is InChI=1S/C17H23NO4S/c1-5-7-12-18(13-16(6-2)22-14-21-4)23(19,20)17-10-8-15(3)9-11-17/h2,5,7-11,16H,12-14H2,1,3-4H3/b7-5+/t16-/m0/s1. The van der Waals surface area contributed by atoms with E-state index in [0.717, 1.165) is 5.56 Å². The van der Waals surface area contributed by atoms with Crippen LogP contribution in [0, 0.1) is 19.3 Å². The Morgan fingerprint density at radius 3 is 2.52 bits per heavy atom. The van der Waals surface area contributed by atoms with Gasteiger partial charge in [0.15, 0.2) is 0 Å². The van der Waals surface area contributed by atoms with Gasteiger partial charge in [-0.2, -0.15) is 4.31 Å². The SMILES string of the molecule is C#C[C@@H](CN(C/C=C/C)S(=O)(=O)c1ccc(C)cc1)OCOC. The van der Waals surface area contributed by atoms with E-state index in [-0.39, 0.29) is 24.8 Å². The lowest BCUT2D eigenvalue weighted by Crippen LogP contribution is -2.38. The highest BCUT2D eigenvalue weighted by Crippen LogP contribution is 2.17. The van der Waals surface area contributed by atoms with Crippen LogP contribution < -0.4 is 0 Å². The fourth-order valence-electron chi connectivity index (χ4n) is 1.84. The lowest BCUT2D eigenvalue weighted by molar-refractivity contribution is -0.0553. The Morgan fingerprint density at radius 1 is 1.35 bits per heavy atom. The van der Waals surface area contributed by atoms with Gasteiger partial charge in [-0.15, -0.1) is 6.42 Å². The molecule has 0 radical (unpaired) electrons. The molecule has 0 heterocycles. The molecule has 0 bridgehead atoms. The van der Waals surface area contributed by atoms with Crippen molar-refractivity contribution in [2.24, 2.45) is 0 Å². The molecule has 0 unspecified atom stereocenters. The van der Waals surface area contributed by atoms with Crippen LogP contribution in [0.15, 0.2) is 41.3 Å². The molecule has 0 aliphatic carbocycles. The first-order chi connectivity index (χ1) is 11.0. The fourth-order valence-corrected chi connectivity index (χ4v) is 3.23. The van der Waals surface area contributed by atoms with Crippen LogP contribution in [0.25, 0.3) is 0 Å². The summed E-state index contributed by atoms with van der Waals surface area (Å²) in [6, 6.07) is 6.71. The monoisotopic (exact) mass is 337 g/mol. The molecule has 0 amide bonds. The molecule has 1 aromatic rings. The number of hydrogen-bond donors (Lipinski definition) is 0. The molecule has 23 heavy (non-hydrogen) atoms. The zero-order valence-electron chi connectivity index (χ0n) is 13.7. The Morgan fingerprint density at radius 2 is 2.00 bits per heavy atom. The van der Waals surface area contributed by atoms with E-state index in [2.05, 4.69) is 5.92 Å². The van der Waals surface area contributed by atoms with E-state index in [0.29, 0.717) is 0 Å². The predicted molar refractivity (Wildman–Crippen MR) is 90.3 cm³/mol. The highest BCUT2D eigenvalue weighted by Gasteiger charge is 2.26. The summed E-state index contributed by atoms with van der Waals surface area (Å²) in [5.41, 5.74) is 0.994. The number of rotatable bonds is 9. The zero-order valence-corrected chi connectivity index (χ0v) is 14.5. The highest BCUT2D eigenvalue weighted by atomic mass is 32.2. The van der Waals surface area contributed by atoms with Crippen LogP contribution in [-0.4, -0.2) is 45.8 Å². The molecule has 126 valence electrons. The average Bonchev–Trinajstić information content (AvgIpc) is 2.54. The van der Waals surface area contributed by atoms with E-state index in [1.54, 1.807) is 36.4 Å². The fraction of sp³-hybridized carbons (Fsp3) is 0.412. The molecular weight excluding hydrogens is 314 g/mol. The Balaban J connectivity index is 3.04. The Labute approximate surface area is 139 Å². The van der Waals surface area contributed by atoms with Crippen molar-refractivity contribution in [1.82, 2.24) is 4.31 Å². The van der Waals surface area contributed by atoms with Gasteiger partial charge in [0.05, 0.1) is 11.4 Å². The first-order valence-corrected chi connectivity index (χ1v) is 8.64. The number of nitrogens with zero attached hydrogens (tertiary/aromatic N) is 1. The highest BCUT2D eigenvalue weighted by molar-refractivity contribution is 7.89. The lowest BCUT2D eigenvalue weighted by atomic mass is 10.2. The number of sulfonamides is 1. The van der Waals surface area contributed by atoms with Gasteiger partial charge in [-0.05, 0) is 26.0 Å². The molecule has 0 fully saturated rings. The number of aryl methyl sites for hydroxylation is 1. The number of hydrogen-bond acceptors (Lipinski definition) is 4. The third kappa shape index (κ3) is 5.81. The molecule has 1 rings (SSSR count). The van der Waals surface area contributed by atoms with E-state index in [9.17, 15) is 8.42 Å². The van der Waals surface area contributed by atoms with Gasteiger partial charge >= 0.3 is 0 Å². The first kappa shape index (κ1) is 19.4. The van der Waals surface area contributed by atoms with Crippen LogP contribution in [0.1, 0.15) is 12.5 Å². The predicted octanol–water partition coefficient (Wildman–Crippen LogP) is 2.18. The topological polar surface area (TPSA) is 55.8 Å². The second-order valence-electron chi connectivity index (χ2n) is 4.93. The van der Waals surface area contributed by atoms with E-state index < -0.39 is 16.1 Å². The summed E-state index contributed by atoms with van der Waals surface area (Å²) in [6.07, 6.45) is 8.29. The van der Waals surface area contributed by atoms with Crippen molar-refractivity contribution in [1.29, 1.82) is 0 Å². The smallest absolute Gasteiger partial charge is 0.243 e. The number of terminal acetylenes is 1. The van der Waals surface area contributed by atoms with Crippen LogP contribution in [0.3, 0.4) is 0 Å². The normalized spacial score (nSPS) is 13.3. The van der Waals surface area contributed by atoms with Gasteiger partial charge in [0.1, 0.15) is 12.9 Å². The van der Waals surface area contributed by atoms with Gasteiger partial charge in [-0.25, -0.2) is 8.42 Å². The molecule has 0 spiro atoms. The minimum Gasteiger partial charge on any atom is -0.359 e. The third-order valence-corrected chi connectivity index (χ3v) is 4.99. The largest absolute Gasteiger partial charge is 0.359 e. The maximum Gasteiger partial charge on any atom is 0.243 e. The molecule has 0 aliphatic heterocycles. The van der Waals surface area contributed by atoms with Crippen molar-refractivity contribution in [3.8, 4) is 12.3 Å². The average molecular weight is 337 g/mol. The molecule has 1 atom stereocenters. The van der Waals surface area contributed by atoms with Gasteiger partial charge in [0.25, 0.3) is 0 Å². The van der Waals surface area contributed by atoms with Crippen molar-refractivity contribution in [3.63, 3.8) is 0 Å². The van der Waals surface area contributed by atoms with Crippen LogP contribution in [0.5, 0.6) is 0 Å². The van der Waals surface area contributed by atoms with Crippen molar-refractivity contribution >= 4 is 10.0 Å². The van der Waals surface area contributed by atoms with Crippen LogP contribution >= 0.6 is 0 Å². The molecule has 0 N–H and O–H groups in total. The van der Waals surface area contributed by atoms with E-state index in [1.807, 2.05) is 13.8 Å². The first-order valence-electron chi connectivity index (χ1n) is 7.20. The molecule has 1 aromatic carbocycles. The quantitative estimate of drug-likeness (QED) is 0.394. The zero-order chi connectivity index (χ0) is 17.3. The van der Waals surface area contributed by atoms with Gasteiger partial charge in [-0.1, -0.05) is 35.8 Å². The molecule has 0 saturated carbocycles. The minimum atomic E-state index is -3.65. The summed E-state index contributed by atoms with van der Waals surface area (Å²) in [4.78, 5) is 0.232. The van der Waals surface area contributed by atoms with Crippen molar-refractivity contribution in [3.05, 3.63) is 42.0 Å². The lowest BCUT2D eigenvalue weighted by Gasteiger charge is -2.24. The van der Waals surface area contributed by atoms with E-state index in [4.69, 9.17) is 15.9 Å². The van der Waals surface area contributed by atoms with Crippen LogP contribution in [0.2, 0.25) is 0 Å². The summed E-state index contributed by atoms with van der Waals surface area (Å²) in [6.45, 7) is 4.02. The maximum atomic E-state index is 12.8. The summed E-state index contributed by atoms with van der Waals surface area (Å²) < 4.78 is 37.1. The number of ether oxygens (including phenoxy) is 2. The number of allylic oxidation sites excluding steroid dienone is 1. The molecular formula is C17H23NO4S. The Bertz CT molecular complexity index is 644. The van der Waals surface area contributed by atoms with Crippen LogP contribution in [-0.2, 0) is 19.5 Å². The summed E-state index contributed by atoms with van der Waals surface area (Å²) in [7, 11) is -2.17. The minimum absolute atomic E-state index is 0.0108. The van der Waals surface area contributed by atoms with Gasteiger partial charge in [0, 0.05) is 13.7 Å². The van der Waals surface area contributed by atoms with Crippen molar-refractivity contribution in [2.75, 3.05) is 27.0 Å². The van der Waals surface area contributed by atoms with Gasteiger partial charge in [-0.3, -0.25) is 0 Å². The van der Waals surface area contributed by atoms with Crippen molar-refractivity contribution in [2.45, 2.75) is 24.8 Å². The summed E-state index contributed by atoms with van der Waals surface area (Å²) in [5.74, 6) is 2.44. The molecule has 5 nitrogen and oxygen atoms in total. The molecule has 6 heteroatoms. The molecule has 0 aromatic heterocycles. The maximum absolute atomic E-state index is 12.8.